The van der Waals surface area contributed by atoms with E-state index in [4.69, 9.17) is 9.47 Å². The highest BCUT2D eigenvalue weighted by molar-refractivity contribution is 5.89. The normalized spacial score (nSPS) is 10.7. The van der Waals surface area contributed by atoms with Crippen molar-refractivity contribution in [3.05, 3.63) is 70.8 Å². The van der Waals surface area contributed by atoms with Gasteiger partial charge in [0.05, 0.1) is 21.2 Å². The molecule has 0 fully saturated rings. The third-order valence-corrected chi connectivity index (χ3v) is 5.42. The van der Waals surface area contributed by atoms with Gasteiger partial charge in [0.25, 0.3) is 0 Å². The van der Waals surface area contributed by atoms with Crippen molar-refractivity contribution in [2.45, 2.75) is 40.5 Å². The maximum atomic E-state index is 11.9. The first-order chi connectivity index (χ1) is 17.7. The maximum absolute atomic E-state index is 11.9. The maximum Gasteiger partial charge on any atom is 0.543 e. The van der Waals surface area contributed by atoms with E-state index in [0.717, 1.165) is 11.1 Å². The summed E-state index contributed by atoms with van der Waals surface area (Å²) in [5, 5.41) is 8.39. The van der Waals surface area contributed by atoms with Crippen molar-refractivity contribution in [2.75, 3.05) is 13.2 Å². The molecule has 2 aromatic carbocycles. The zero-order chi connectivity index (χ0) is 27.3. The van der Waals surface area contributed by atoms with Gasteiger partial charge < -0.3 is 9.47 Å². The van der Waals surface area contributed by atoms with Crippen LogP contribution in [0.5, 0.6) is 0 Å². The van der Waals surface area contributed by atoms with E-state index in [2.05, 4.69) is 29.6 Å². The Morgan fingerprint density at radius 2 is 1.05 bits per heavy atom. The number of carbonyl (C=O) groups is 4. The van der Waals surface area contributed by atoms with Gasteiger partial charge in [-0.1, -0.05) is 49.2 Å². The zero-order valence-corrected chi connectivity index (χ0v) is 20.8. The van der Waals surface area contributed by atoms with E-state index in [1.807, 2.05) is 0 Å². The van der Waals surface area contributed by atoms with E-state index >= 15 is 0 Å². The minimum Gasteiger partial charge on any atom is -0.432 e. The Morgan fingerprint density at radius 1 is 0.649 bits per heavy atom. The molecule has 0 N–H and O–H groups in total. The van der Waals surface area contributed by atoms with Crippen LogP contribution in [-0.2, 0) is 39.1 Å². The first-order valence-electron chi connectivity index (χ1n) is 11.3. The van der Waals surface area contributed by atoms with E-state index in [1.54, 1.807) is 64.1 Å². The second kappa shape index (κ2) is 14.4. The molecular formula is C25H28O12. The number of hydrogen-bond acceptors (Lipinski definition) is 12. The number of aryl methyl sites for hydroxylation is 2. The summed E-state index contributed by atoms with van der Waals surface area (Å²) in [5.74, 6) is -1.74. The summed E-state index contributed by atoms with van der Waals surface area (Å²) in [6, 6.07) is 13.0. The summed E-state index contributed by atoms with van der Waals surface area (Å²) in [6.45, 7) is 6.68. The SMILES string of the molecule is CCC(CC)(COC(=O)OOOC(=O)c1cccc(C)c1)COC(=O)OOOC(=O)c1cccc(C)c1. The van der Waals surface area contributed by atoms with Crippen molar-refractivity contribution in [3.8, 4) is 0 Å². The smallest absolute Gasteiger partial charge is 0.432 e. The first kappa shape index (κ1) is 29.1. The minimum absolute atomic E-state index is 0.200. The fourth-order valence-electron chi connectivity index (χ4n) is 2.96. The molecule has 0 saturated carbocycles. The van der Waals surface area contributed by atoms with E-state index in [0.29, 0.717) is 12.8 Å². The van der Waals surface area contributed by atoms with Crippen LogP contribution < -0.4 is 0 Å². The highest BCUT2D eigenvalue weighted by atomic mass is 17.5. The number of carbonyl (C=O) groups excluding carboxylic acids is 4. The molecule has 2 rings (SSSR count). The standard InChI is InChI=1S/C25H28O12/c1-5-25(6-2,15-30-23(28)34-36-32-21(26)19-11-7-9-17(3)13-19)16-31-24(29)35-37-33-22(27)20-12-8-10-18(4)14-20/h7-14H,5-6,15-16H2,1-4H3. The summed E-state index contributed by atoms with van der Waals surface area (Å²) in [7, 11) is 0. The van der Waals surface area contributed by atoms with Crippen molar-refractivity contribution < 1.29 is 58.3 Å². The van der Waals surface area contributed by atoms with Crippen LogP contribution in [0.1, 0.15) is 58.5 Å². The topological polar surface area (TPSA) is 142 Å². The molecule has 37 heavy (non-hydrogen) atoms. The average molecular weight is 520 g/mol. The van der Waals surface area contributed by atoms with Crippen LogP contribution >= 0.6 is 0 Å². The van der Waals surface area contributed by atoms with Crippen molar-refractivity contribution in [2.24, 2.45) is 5.41 Å². The van der Waals surface area contributed by atoms with Gasteiger partial charge in [-0.2, -0.15) is 0 Å². The molecule has 0 bridgehead atoms. The van der Waals surface area contributed by atoms with Gasteiger partial charge in [-0.05, 0) is 51.0 Å². The lowest BCUT2D eigenvalue weighted by Gasteiger charge is -2.29. The predicted octanol–water partition coefficient (Wildman–Crippen LogP) is 5.12. The summed E-state index contributed by atoms with van der Waals surface area (Å²) in [6.07, 6.45) is -1.71. The summed E-state index contributed by atoms with van der Waals surface area (Å²) in [5.41, 5.74) is 1.24. The summed E-state index contributed by atoms with van der Waals surface area (Å²) in [4.78, 5) is 64.7. The second-order valence-corrected chi connectivity index (χ2v) is 8.07. The molecule has 0 aliphatic carbocycles. The van der Waals surface area contributed by atoms with Gasteiger partial charge in [-0.25, -0.2) is 29.0 Å². The first-order valence-corrected chi connectivity index (χ1v) is 11.3. The van der Waals surface area contributed by atoms with E-state index < -0.39 is 29.7 Å². The zero-order valence-electron chi connectivity index (χ0n) is 20.8. The molecule has 0 atom stereocenters. The minimum atomic E-state index is -1.28. The van der Waals surface area contributed by atoms with Crippen LogP contribution in [0.3, 0.4) is 0 Å². The molecule has 0 amide bonds. The number of hydrogen-bond donors (Lipinski definition) is 0. The van der Waals surface area contributed by atoms with Crippen LogP contribution in [0, 0.1) is 19.3 Å². The Morgan fingerprint density at radius 3 is 1.41 bits per heavy atom. The molecule has 2 aromatic rings. The number of rotatable bonds is 12. The fraction of sp³-hybridized carbons (Fsp3) is 0.360. The Kier molecular flexibility index (Phi) is 11.3. The average Bonchev–Trinajstić information content (AvgIpc) is 2.89. The van der Waals surface area contributed by atoms with Crippen LogP contribution in [-0.4, -0.2) is 37.5 Å². The van der Waals surface area contributed by atoms with Crippen LogP contribution in [0.15, 0.2) is 48.5 Å². The third-order valence-electron chi connectivity index (χ3n) is 5.42. The molecule has 200 valence electrons. The molecule has 0 unspecified atom stereocenters. The Balaban J connectivity index is 1.71. The Hall–Kier alpha value is -4.16. The molecular weight excluding hydrogens is 492 g/mol. The van der Waals surface area contributed by atoms with Gasteiger partial charge in [-0.15, -0.1) is 0 Å². The van der Waals surface area contributed by atoms with E-state index in [9.17, 15) is 19.2 Å². The molecule has 12 heteroatoms. The highest BCUT2D eigenvalue weighted by Gasteiger charge is 2.31. The fourth-order valence-corrected chi connectivity index (χ4v) is 2.96. The number of benzene rings is 2. The monoisotopic (exact) mass is 520 g/mol. The number of ether oxygens (including phenoxy) is 2. The highest BCUT2D eigenvalue weighted by Crippen LogP contribution is 2.28. The van der Waals surface area contributed by atoms with E-state index in [1.165, 1.54) is 12.1 Å². The van der Waals surface area contributed by atoms with Crippen molar-refractivity contribution in [1.29, 1.82) is 0 Å². The lowest BCUT2D eigenvalue weighted by molar-refractivity contribution is -0.453. The summed E-state index contributed by atoms with van der Waals surface area (Å²) < 4.78 is 9.98. The van der Waals surface area contributed by atoms with Crippen molar-refractivity contribution in [3.63, 3.8) is 0 Å². The molecule has 0 heterocycles. The van der Waals surface area contributed by atoms with Gasteiger partial charge in [0.2, 0.25) is 0 Å². The molecule has 0 aliphatic heterocycles. The van der Waals surface area contributed by atoms with Crippen LogP contribution in [0.25, 0.3) is 0 Å². The second-order valence-electron chi connectivity index (χ2n) is 8.07. The lowest BCUT2D eigenvalue weighted by Crippen LogP contribution is -2.33. The molecule has 0 spiro atoms. The molecule has 0 aliphatic rings. The van der Waals surface area contributed by atoms with Gasteiger partial charge in [0.15, 0.2) is 0 Å². The van der Waals surface area contributed by atoms with Gasteiger partial charge in [0, 0.05) is 5.41 Å². The van der Waals surface area contributed by atoms with Gasteiger partial charge in [-0.3, -0.25) is 9.78 Å². The Bertz CT molecular complexity index is 995. The van der Waals surface area contributed by atoms with Crippen LogP contribution in [0.2, 0.25) is 0 Å². The molecule has 0 radical (unpaired) electrons. The van der Waals surface area contributed by atoms with Crippen LogP contribution in [0.4, 0.5) is 9.59 Å². The summed E-state index contributed by atoms with van der Waals surface area (Å²) >= 11 is 0. The predicted molar refractivity (Wildman–Crippen MR) is 123 cm³/mol. The Labute approximate surface area is 213 Å². The van der Waals surface area contributed by atoms with Crippen molar-refractivity contribution in [1.82, 2.24) is 0 Å². The third kappa shape index (κ3) is 9.78. The van der Waals surface area contributed by atoms with Gasteiger partial charge >= 0.3 is 24.2 Å². The van der Waals surface area contributed by atoms with E-state index in [-0.39, 0.29) is 24.3 Å². The van der Waals surface area contributed by atoms with Crippen molar-refractivity contribution >= 4 is 24.2 Å². The molecule has 0 aromatic heterocycles. The quantitative estimate of drug-likeness (QED) is 0.208. The molecule has 12 nitrogen and oxygen atoms in total. The lowest BCUT2D eigenvalue weighted by atomic mass is 9.84. The van der Waals surface area contributed by atoms with Gasteiger partial charge in [0.1, 0.15) is 13.2 Å². The largest absolute Gasteiger partial charge is 0.543 e. The molecule has 0 saturated heterocycles.